The summed E-state index contributed by atoms with van der Waals surface area (Å²) in [4.78, 5) is 87.5. The van der Waals surface area contributed by atoms with Crippen LogP contribution in [0, 0.1) is 7.05 Å². The summed E-state index contributed by atoms with van der Waals surface area (Å²) in [7, 11) is 4.14. The van der Waals surface area contributed by atoms with Crippen molar-refractivity contribution in [2.24, 2.45) is 0 Å². The summed E-state index contributed by atoms with van der Waals surface area (Å²) in [6.07, 6.45) is 3.51. The number of rotatable bonds is 18. The number of H-pyrrole nitrogens is 2. The first kappa shape index (κ1) is 46.1. The van der Waals surface area contributed by atoms with Crippen LogP contribution in [0.5, 0.6) is 11.5 Å². The normalized spacial score (nSPS) is 18.5. The number of aromatic amines is 2. The molecule has 1 aliphatic heterocycles. The molecule has 2 unspecified atom stereocenters. The van der Waals surface area contributed by atoms with Crippen molar-refractivity contribution in [3.63, 3.8) is 0 Å². The van der Waals surface area contributed by atoms with Crippen molar-refractivity contribution in [1.29, 1.82) is 0 Å². The number of quaternary nitrogens is 1. The summed E-state index contributed by atoms with van der Waals surface area (Å²) in [6.45, 7) is 2.41. The number of ketones is 1. The second kappa shape index (κ2) is 21.0. The number of hydrogen-bond donors (Lipinski definition) is 9. The molecule has 330 valence electrons. The summed E-state index contributed by atoms with van der Waals surface area (Å²) < 4.78 is -0.145. The minimum atomic E-state index is -1.21. The molecule has 1 saturated heterocycles. The number of aromatic nitrogens is 2. The maximum absolute atomic E-state index is 13.8. The SMILES string of the molecule is [CH2-][N@@+]1(CC(=O)O)CCN(CC(C)=O)CCN(C(CCC(=O)NC(Cc2c[nH]c3ccc(O)cc23)C(=O)NCCc2c[nH]c3ccc(O)cc23)C(=O)O)CCN(CC(=O)O)CC1. The molecule has 2 aromatic heterocycles. The number of carbonyl (C=O) groups excluding carboxylic acids is 3. The first-order valence-electron chi connectivity index (χ1n) is 20.2. The van der Waals surface area contributed by atoms with Gasteiger partial charge in [0.1, 0.15) is 29.4 Å². The van der Waals surface area contributed by atoms with E-state index in [2.05, 4.69) is 27.6 Å². The van der Waals surface area contributed by atoms with Crippen LogP contribution in [0.1, 0.15) is 30.9 Å². The van der Waals surface area contributed by atoms with E-state index in [0.717, 1.165) is 16.5 Å². The molecule has 19 nitrogen and oxygen atoms in total. The standard InChI is InChI=1S/C42H56N8O11/c1-27(51)24-47-11-13-49(14-12-48(25-39(55)56)16-18-50(2,17-15-47)26-40(57)58)37(42(60)61)7-8-38(54)46-36(19-29-23-45-35-6-4-31(53)21-33(29)35)41(59)43-10-9-28-22-44-34-5-3-30(52)20-32(28)34/h3-6,20-23,36-37,44-45,52-53H,2,7-19,24-26H2,1H3,(H,43,59)(H,46,54)(H,55,56)(H,57,58)(H,60,61)/t36?,37?,50-/m1/s1. The number of nitrogens with one attached hydrogen (secondary N) is 4. The lowest BCUT2D eigenvalue weighted by Gasteiger charge is -2.44. The van der Waals surface area contributed by atoms with Crippen molar-refractivity contribution >= 4 is 57.3 Å². The Hall–Kier alpha value is -6.02. The topological polar surface area (TPSA) is 269 Å². The van der Waals surface area contributed by atoms with Gasteiger partial charge in [-0.1, -0.05) is 0 Å². The minimum absolute atomic E-state index is 0.0212. The number of phenols is 2. The zero-order valence-electron chi connectivity index (χ0n) is 34.3. The van der Waals surface area contributed by atoms with E-state index in [-0.39, 0.29) is 120 Å². The second-order valence-corrected chi connectivity index (χ2v) is 15.9. The predicted octanol–water partition coefficient (Wildman–Crippen LogP) is 0.966. The van der Waals surface area contributed by atoms with Crippen LogP contribution in [-0.4, -0.2) is 181 Å². The van der Waals surface area contributed by atoms with E-state index >= 15 is 0 Å². The number of aromatic hydroxyl groups is 2. The highest BCUT2D eigenvalue weighted by Gasteiger charge is 2.31. The van der Waals surface area contributed by atoms with Crippen LogP contribution in [0.4, 0.5) is 0 Å². The maximum Gasteiger partial charge on any atom is 0.357 e. The fourth-order valence-corrected chi connectivity index (χ4v) is 7.85. The maximum atomic E-state index is 13.8. The van der Waals surface area contributed by atoms with Gasteiger partial charge >= 0.3 is 17.9 Å². The van der Waals surface area contributed by atoms with Crippen LogP contribution >= 0.6 is 0 Å². The van der Waals surface area contributed by atoms with E-state index in [0.29, 0.717) is 22.9 Å². The predicted molar refractivity (Wildman–Crippen MR) is 224 cm³/mol. The number of fused-ring (bicyclic) bond motifs is 2. The van der Waals surface area contributed by atoms with E-state index in [4.69, 9.17) is 0 Å². The molecule has 1 aliphatic rings. The van der Waals surface area contributed by atoms with Crippen LogP contribution in [0.25, 0.3) is 21.8 Å². The summed E-state index contributed by atoms with van der Waals surface area (Å²) in [6, 6.07) is 7.43. The van der Waals surface area contributed by atoms with Crippen LogP contribution in [0.3, 0.4) is 0 Å². The van der Waals surface area contributed by atoms with E-state index in [9.17, 15) is 54.3 Å². The number of carbonyl (C=O) groups is 6. The van der Waals surface area contributed by atoms with Crippen molar-refractivity contribution in [2.75, 3.05) is 78.5 Å². The molecule has 19 heteroatoms. The zero-order valence-corrected chi connectivity index (χ0v) is 34.3. The molecule has 1 fully saturated rings. The highest BCUT2D eigenvalue weighted by molar-refractivity contribution is 5.90. The Bertz CT molecular complexity index is 2170. The Labute approximate surface area is 352 Å². The minimum Gasteiger partial charge on any atom is -0.508 e. The number of nitrogens with zero attached hydrogens (tertiary/aromatic N) is 4. The van der Waals surface area contributed by atoms with Gasteiger partial charge in [0.2, 0.25) is 11.8 Å². The molecule has 3 heterocycles. The van der Waals surface area contributed by atoms with Crippen LogP contribution in [0.15, 0.2) is 48.8 Å². The molecule has 0 radical (unpaired) electrons. The number of carboxylic acid groups (broad SMARTS) is 3. The summed E-state index contributed by atoms with van der Waals surface area (Å²) in [5.74, 6) is -4.47. The molecule has 5 rings (SSSR count). The first-order chi connectivity index (χ1) is 29.0. The average Bonchev–Trinajstić information content (AvgIpc) is 3.77. The smallest absolute Gasteiger partial charge is 0.357 e. The van der Waals surface area contributed by atoms with E-state index in [1.54, 1.807) is 52.5 Å². The van der Waals surface area contributed by atoms with Crippen LogP contribution < -0.4 is 10.6 Å². The molecule has 3 atom stereocenters. The Morgan fingerprint density at radius 2 is 1.36 bits per heavy atom. The Morgan fingerprint density at radius 3 is 1.92 bits per heavy atom. The lowest BCUT2D eigenvalue weighted by atomic mass is 10.0. The lowest BCUT2D eigenvalue weighted by molar-refractivity contribution is -0.877. The Kier molecular flexibility index (Phi) is 15.8. The van der Waals surface area contributed by atoms with Gasteiger partial charge in [-0.25, -0.2) is 4.79 Å². The van der Waals surface area contributed by atoms with Crippen molar-refractivity contribution in [3.8, 4) is 11.5 Å². The summed E-state index contributed by atoms with van der Waals surface area (Å²) in [5, 5.41) is 57.1. The third kappa shape index (κ3) is 13.5. The highest BCUT2D eigenvalue weighted by atomic mass is 16.4. The fourth-order valence-electron chi connectivity index (χ4n) is 7.85. The van der Waals surface area contributed by atoms with Gasteiger partial charge in [0.25, 0.3) is 0 Å². The number of aliphatic carboxylic acids is 3. The molecule has 0 bridgehead atoms. The average molecular weight is 849 g/mol. The van der Waals surface area contributed by atoms with Crippen molar-refractivity contribution < 1.29 is 58.8 Å². The molecule has 0 aliphatic carbocycles. The summed E-state index contributed by atoms with van der Waals surface area (Å²) >= 11 is 0. The number of Topliss-reactive ketones (excluding diaryl/α,β-unsaturated/α-hetero) is 1. The van der Waals surface area contributed by atoms with Gasteiger partial charge in [0, 0.05) is 92.9 Å². The van der Waals surface area contributed by atoms with Gasteiger partial charge in [-0.2, -0.15) is 0 Å². The first-order valence-corrected chi connectivity index (χ1v) is 20.2. The van der Waals surface area contributed by atoms with Gasteiger partial charge in [-0.15, -0.1) is 7.05 Å². The fraction of sp³-hybridized carbons (Fsp3) is 0.452. The van der Waals surface area contributed by atoms with Gasteiger partial charge in [0.15, 0.2) is 6.54 Å². The molecular weight excluding hydrogens is 793 g/mol. The third-order valence-electron chi connectivity index (χ3n) is 11.1. The largest absolute Gasteiger partial charge is 0.508 e. The third-order valence-corrected chi connectivity index (χ3v) is 11.1. The molecule has 2 amide bonds. The number of carboxylic acids is 3. The van der Waals surface area contributed by atoms with Gasteiger partial charge in [-0.3, -0.25) is 38.7 Å². The van der Waals surface area contributed by atoms with Crippen LogP contribution in [-0.2, 0) is 41.6 Å². The van der Waals surface area contributed by atoms with Crippen molar-refractivity contribution in [2.45, 2.75) is 44.7 Å². The van der Waals surface area contributed by atoms with Gasteiger partial charge < -0.3 is 50.6 Å². The number of hydrogen-bond acceptors (Lipinski definition) is 11. The van der Waals surface area contributed by atoms with Gasteiger partial charge in [0.05, 0.1) is 26.2 Å². The Balaban J connectivity index is 1.31. The van der Waals surface area contributed by atoms with E-state index in [1.807, 2.05) is 4.90 Å². The molecule has 0 spiro atoms. The lowest BCUT2D eigenvalue weighted by Crippen LogP contribution is -2.56. The monoisotopic (exact) mass is 848 g/mol. The molecule has 9 N–H and O–H groups in total. The number of phenolic OH excluding ortho intramolecular Hbond substituents is 2. The van der Waals surface area contributed by atoms with Crippen LogP contribution in [0.2, 0.25) is 0 Å². The molecule has 2 aromatic carbocycles. The molecule has 4 aromatic rings. The molecular formula is C42H56N8O11. The zero-order chi connectivity index (χ0) is 44.3. The number of benzene rings is 2. The molecule has 0 saturated carbocycles. The number of amides is 2. The van der Waals surface area contributed by atoms with Gasteiger partial charge in [-0.05, 0) is 67.3 Å². The molecule has 61 heavy (non-hydrogen) atoms. The highest BCUT2D eigenvalue weighted by Crippen LogP contribution is 2.25. The van der Waals surface area contributed by atoms with Crippen molar-refractivity contribution in [3.05, 3.63) is 67.0 Å². The second-order valence-electron chi connectivity index (χ2n) is 15.9. The van der Waals surface area contributed by atoms with E-state index < -0.39 is 41.8 Å². The quantitative estimate of drug-likeness (QED) is 0.0499. The van der Waals surface area contributed by atoms with E-state index in [1.165, 1.54) is 13.0 Å². The summed E-state index contributed by atoms with van der Waals surface area (Å²) in [5.41, 5.74) is 3.05. The van der Waals surface area contributed by atoms with Crippen molar-refractivity contribution in [1.82, 2.24) is 35.3 Å². The Morgan fingerprint density at radius 1 is 0.787 bits per heavy atom.